The summed E-state index contributed by atoms with van der Waals surface area (Å²) in [6.45, 7) is 2.86. The first-order valence-corrected chi connectivity index (χ1v) is 6.77. The molecule has 7 nitrogen and oxygen atoms in total. The lowest BCUT2D eigenvalue weighted by atomic mass is 10.1. The molecular formula is C14H22N4O3. The lowest BCUT2D eigenvalue weighted by molar-refractivity contribution is -0.384. The van der Waals surface area contributed by atoms with Gasteiger partial charge in [-0.3, -0.25) is 14.9 Å². The molecule has 1 aromatic rings. The maximum atomic E-state index is 11.5. The third kappa shape index (κ3) is 5.03. The van der Waals surface area contributed by atoms with Gasteiger partial charge >= 0.3 is 0 Å². The molecule has 0 fully saturated rings. The number of nitrogens with one attached hydrogen (secondary N) is 2. The molecule has 1 aromatic carbocycles. The van der Waals surface area contributed by atoms with Crippen LogP contribution in [0.15, 0.2) is 18.2 Å². The number of nitro groups is 1. The minimum atomic E-state index is -0.479. The van der Waals surface area contributed by atoms with Gasteiger partial charge in [0.25, 0.3) is 11.6 Å². The highest BCUT2D eigenvalue weighted by Gasteiger charge is 2.18. The van der Waals surface area contributed by atoms with Crippen molar-refractivity contribution in [2.45, 2.75) is 19.4 Å². The Kier molecular flexibility index (Phi) is 6.10. The van der Waals surface area contributed by atoms with E-state index >= 15 is 0 Å². The average molecular weight is 294 g/mol. The van der Waals surface area contributed by atoms with Crippen LogP contribution < -0.4 is 10.6 Å². The smallest absolute Gasteiger partial charge is 0.293 e. The molecule has 1 unspecified atom stereocenters. The maximum absolute atomic E-state index is 11.5. The van der Waals surface area contributed by atoms with E-state index in [4.69, 9.17) is 0 Å². The number of carbonyl (C=O) groups excluding carboxylic acids is 1. The topological polar surface area (TPSA) is 87.5 Å². The molecule has 7 heteroatoms. The molecule has 21 heavy (non-hydrogen) atoms. The first-order valence-electron chi connectivity index (χ1n) is 6.77. The van der Waals surface area contributed by atoms with Crippen LogP contribution in [0.1, 0.15) is 23.7 Å². The molecule has 2 N–H and O–H groups in total. The maximum Gasteiger partial charge on any atom is 0.293 e. The van der Waals surface area contributed by atoms with Gasteiger partial charge in [0, 0.05) is 24.7 Å². The van der Waals surface area contributed by atoms with Crippen molar-refractivity contribution in [1.82, 2.24) is 10.2 Å². The van der Waals surface area contributed by atoms with Crippen LogP contribution in [-0.4, -0.2) is 49.5 Å². The molecule has 0 aromatic heterocycles. The Balaban J connectivity index is 2.91. The molecule has 0 saturated heterocycles. The fourth-order valence-electron chi connectivity index (χ4n) is 1.88. The molecule has 1 amide bonds. The standard InChI is InChI=1S/C14H22N4O3/c1-10(7-8-17(3)4)16-12-6-5-11(14(19)15-2)9-13(12)18(20)21/h5-6,9-10,16H,7-8H2,1-4H3,(H,15,19). The number of hydrogen-bond donors (Lipinski definition) is 2. The quantitative estimate of drug-likeness (QED) is 0.590. The van der Waals surface area contributed by atoms with Crippen molar-refractivity contribution >= 4 is 17.3 Å². The van der Waals surface area contributed by atoms with Crippen molar-refractivity contribution in [3.05, 3.63) is 33.9 Å². The fraction of sp³-hybridized carbons (Fsp3) is 0.500. The van der Waals surface area contributed by atoms with Gasteiger partial charge in [0.15, 0.2) is 0 Å². The van der Waals surface area contributed by atoms with Crippen molar-refractivity contribution in [2.75, 3.05) is 33.0 Å². The van der Waals surface area contributed by atoms with Crippen molar-refractivity contribution in [3.8, 4) is 0 Å². The van der Waals surface area contributed by atoms with Crippen LogP contribution in [0.5, 0.6) is 0 Å². The highest BCUT2D eigenvalue weighted by atomic mass is 16.6. The van der Waals surface area contributed by atoms with Gasteiger partial charge in [-0.05, 0) is 46.1 Å². The van der Waals surface area contributed by atoms with E-state index in [1.807, 2.05) is 21.0 Å². The van der Waals surface area contributed by atoms with E-state index in [2.05, 4.69) is 15.5 Å². The van der Waals surface area contributed by atoms with E-state index in [9.17, 15) is 14.9 Å². The SMILES string of the molecule is CNC(=O)c1ccc(NC(C)CCN(C)C)c([N+](=O)[O-])c1. The number of anilines is 1. The number of nitro benzene ring substituents is 1. The van der Waals surface area contributed by atoms with Crippen LogP contribution in [0.2, 0.25) is 0 Å². The van der Waals surface area contributed by atoms with Gasteiger partial charge in [-0.2, -0.15) is 0 Å². The highest BCUT2D eigenvalue weighted by molar-refractivity contribution is 5.95. The summed E-state index contributed by atoms with van der Waals surface area (Å²) in [6.07, 6.45) is 0.862. The molecule has 1 atom stereocenters. The third-order valence-corrected chi connectivity index (χ3v) is 3.09. The van der Waals surface area contributed by atoms with Crippen molar-refractivity contribution in [1.29, 1.82) is 0 Å². The number of amides is 1. The van der Waals surface area contributed by atoms with Crippen molar-refractivity contribution in [3.63, 3.8) is 0 Å². The monoisotopic (exact) mass is 294 g/mol. The van der Waals surface area contributed by atoms with Gasteiger partial charge in [-0.25, -0.2) is 0 Å². The summed E-state index contributed by atoms with van der Waals surface area (Å²) in [6, 6.07) is 4.54. The van der Waals surface area contributed by atoms with E-state index in [-0.39, 0.29) is 23.2 Å². The lowest BCUT2D eigenvalue weighted by Crippen LogP contribution is -2.23. The second kappa shape index (κ2) is 7.58. The van der Waals surface area contributed by atoms with Crippen LogP contribution in [0.25, 0.3) is 0 Å². The molecule has 0 heterocycles. The highest BCUT2D eigenvalue weighted by Crippen LogP contribution is 2.26. The molecule has 116 valence electrons. The van der Waals surface area contributed by atoms with E-state index in [0.29, 0.717) is 5.69 Å². The van der Waals surface area contributed by atoms with Gasteiger partial charge in [-0.1, -0.05) is 0 Å². The van der Waals surface area contributed by atoms with Crippen LogP contribution in [0, 0.1) is 10.1 Å². The molecular weight excluding hydrogens is 272 g/mol. The molecule has 0 saturated carbocycles. The number of carbonyl (C=O) groups is 1. The van der Waals surface area contributed by atoms with Gasteiger partial charge in [0.2, 0.25) is 0 Å². The zero-order valence-corrected chi connectivity index (χ0v) is 12.8. The summed E-state index contributed by atoms with van der Waals surface area (Å²) in [5.74, 6) is -0.342. The first-order chi connectivity index (χ1) is 9.85. The first kappa shape index (κ1) is 16.9. The fourth-order valence-corrected chi connectivity index (χ4v) is 1.88. The Morgan fingerprint density at radius 1 is 1.43 bits per heavy atom. The number of benzene rings is 1. The molecule has 1 rings (SSSR count). The predicted octanol–water partition coefficient (Wildman–Crippen LogP) is 1.71. The summed E-state index contributed by atoms with van der Waals surface area (Å²) >= 11 is 0. The number of hydrogen-bond acceptors (Lipinski definition) is 5. The molecule has 0 aliphatic carbocycles. The van der Waals surface area contributed by atoms with Crippen LogP contribution in [0.4, 0.5) is 11.4 Å². The van der Waals surface area contributed by atoms with Gasteiger partial charge < -0.3 is 15.5 Å². The Morgan fingerprint density at radius 2 is 2.10 bits per heavy atom. The molecule has 0 bridgehead atoms. The third-order valence-electron chi connectivity index (χ3n) is 3.09. The molecule has 0 aliphatic rings. The predicted molar refractivity (Wildman–Crippen MR) is 82.7 cm³/mol. The normalized spacial score (nSPS) is 12.0. The van der Waals surface area contributed by atoms with E-state index < -0.39 is 4.92 Å². The summed E-state index contributed by atoms with van der Waals surface area (Å²) in [7, 11) is 5.45. The minimum Gasteiger partial charge on any atom is -0.377 e. The van der Waals surface area contributed by atoms with Crippen molar-refractivity contribution in [2.24, 2.45) is 0 Å². The summed E-state index contributed by atoms with van der Waals surface area (Å²) in [5.41, 5.74) is 0.613. The second-order valence-electron chi connectivity index (χ2n) is 5.21. The van der Waals surface area contributed by atoms with Crippen LogP contribution in [-0.2, 0) is 0 Å². The molecule has 0 aliphatic heterocycles. The van der Waals surface area contributed by atoms with E-state index in [1.54, 1.807) is 12.1 Å². The van der Waals surface area contributed by atoms with Crippen LogP contribution in [0.3, 0.4) is 0 Å². The lowest BCUT2D eigenvalue weighted by Gasteiger charge is -2.18. The van der Waals surface area contributed by atoms with Gasteiger partial charge in [-0.15, -0.1) is 0 Å². The Hall–Kier alpha value is -2.15. The average Bonchev–Trinajstić information content (AvgIpc) is 2.44. The summed E-state index contributed by atoms with van der Waals surface area (Å²) in [5, 5.41) is 16.7. The summed E-state index contributed by atoms with van der Waals surface area (Å²) < 4.78 is 0. The zero-order chi connectivity index (χ0) is 16.0. The van der Waals surface area contributed by atoms with Crippen molar-refractivity contribution < 1.29 is 9.72 Å². The zero-order valence-electron chi connectivity index (χ0n) is 12.8. The Morgan fingerprint density at radius 3 is 2.62 bits per heavy atom. The molecule has 0 spiro atoms. The number of rotatable bonds is 7. The van der Waals surface area contributed by atoms with Gasteiger partial charge in [0.05, 0.1) is 4.92 Å². The molecule has 0 radical (unpaired) electrons. The van der Waals surface area contributed by atoms with E-state index in [0.717, 1.165) is 13.0 Å². The largest absolute Gasteiger partial charge is 0.377 e. The Labute approximate surface area is 124 Å². The second-order valence-corrected chi connectivity index (χ2v) is 5.21. The van der Waals surface area contributed by atoms with E-state index in [1.165, 1.54) is 13.1 Å². The minimum absolute atomic E-state index is 0.0900. The Bertz CT molecular complexity index is 517. The van der Waals surface area contributed by atoms with Gasteiger partial charge in [0.1, 0.15) is 5.69 Å². The van der Waals surface area contributed by atoms with Crippen LogP contribution >= 0.6 is 0 Å². The summed E-state index contributed by atoms with van der Waals surface area (Å²) in [4.78, 5) is 24.3. The number of nitrogens with zero attached hydrogens (tertiary/aromatic N) is 2.